The first-order valence-electron chi connectivity index (χ1n) is 20.0. The lowest BCUT2D eigenvalue weighted by Crippen LogP contribution is -2.58. The van der Waals surface area contributed by atoms with Crippen LogP contribution in [0.4, 0.5) is 14.4 Å². The second-order valence-corrected chi connectivity index (χ2v) is 17.7. The highest BCUT2D eigenvalue weighted by atomic mass is 16.6. The molecule has 0 saturated carbocycles. The summed E-state index contributed by atoms with van der Waals surface area (Å²) in [6.07, 6.45) is -3.33. The van der Waals surface area contributed by atoms with Crippen molar-refractivity contribution in [3.63, 3.8) is 0 Å². The van der Waals surface area contributed by atoms with Crippen molar-refractivity contribution < 1.29 is 58.4 Å². The van der Waals surface area contributed by atoms with E-state index in [2.05, 4.69) is 31.9 Å². The van der Waals surface area contributed by atoms with Gasteiger partial charge in [-0.25, -0.2) is 14.4 Å². The molecule has 1 aliphatic heterocycles. The number of nitrogens with zero attached hydrogens (tertiary/aromatic N) is 1. The number of hydrogen-bond donors (Lipinski definition) is 9. The molecule has 19 nitrogen and oxygen atoms in total. The van der Waals surface area contributed by atoms with Gasteiger partial charge in [0.25, 0.3) is 0 Å². The summed E-state index contributed by atoms with van der Waals surface area (Å²) >= 11 is 0. The van der Waals surface area contributed by atoms with Crippen LogP contribution in [-0.2, 0) is 41.5 Å². The zero-order chi connectivity index (χ0) is 45.9. The summed E-state index contributed by atoms with van der Waals surface area (Å²) in [6.45, 7) is 14.3. The van der Waals surface area contributed by atoms with Gasteiger partial charge in [-0.15, -0.1) is 0 Å². The molecule has 336 valence electrons. The van der Waals surface area contributed by atoms with Crippen LogP contribution in [0.3, 0.4) is 0 Å². The largest absolute Gasteiger partial charge is 0.508 e. The Morgan fingerprint density at radius 1 is 0.721 bits per heavy atom. The third kappa shape index (κ3) is 16.4. The van der Waals surface area contributed by atoms with Crippen LogP contribution >= 0.6 is 0 Å². The number of alkyl carbamates (subject to hydrolysis) is 2. The fraction of sp³-hybridized carbons (Fsp3) is 0.548. The molecule has 3 rings (SSSR count). The number of amides is 7. The highest BCUT2D eigenvalue weighted by Crippen LogP contribution is 2.31. The number of hydrogen-bond acceptors (Lipinski definition) is 11. The van der Waals surface area contributed by atoms with Gasteiger partial charge in [0.05, 0.1) is 0 Å². The first-order valence-corrected chi connectivity index (χ1v) is 20.0. The number of rotatable bonds is 11. The number of phenols is 2. The number of ether oxygens (including phenoxy) is 2. The summed E-state index contributed by atoms with van der Waals surface area (Å²) in [5, 5.41) is 47.1. The van der Waals surface area contributed by atoms with Crippen LogP contribution in [0.25, 0.3) is 11.1 Å². The van der Waals surface area contributed by atoms with E-state index in [0.717, 1.165) is 4.90 Å². The van der Waals surface area contributed by atoms with Crippen molar-refractivity contribution >= 4 is 41.9 Å². The van der Waals surface area contributed by atoms with E-state index < -0.39 is 83.3 Å². The van der Waals surface area contributed by atoms with Crippen molar-refractivity contribution in [2.75, 3.05) is 26.2 Å². The molecule has 0 spiro atoms. The molecular formula is C42H61N7O12. The Labute approximate surface area is 355 Å². The van der Waals surface area contributed by atoms with Crippen LogP contribution in [0.2, 0.25) is 0 Å². The standard InChI is InChI=1S/C42H61N7O12/c1-40(2,3)49(39(58)59)23-33(52)43-17-18-44-34(53)29-21-26-19-24(12-14-31(26)50)25-13-15-32(51)27(20-25)22-30(48-38(57)61-42(7,8)9)36(55)46-28(35(54)47-29)11-10-16-45-37(56)60-41(4,5)6/h12-15,19-20,28-30,50-51H,10-11,16-18,21-23H2,1-9H3,(H,43,52)(H,44,53)(H,45,56)(H,46,55)(H,47,54)(H,48,57)(H,58,59)/t28-,29-,30-/m0/s1. The van der Waals surface area contributed by atoms with Gasteiger partial charge in [0.1, 0.15) is 47.4 Å². The predicted molar refractivity (Wildman–Crippen MR) is 224 cm³/mol. The number of benzene rings is 2. The molecule has 9 N–H and O–H groups in total. The van der Waals surface area contributed by atoms with E-state index >= 15 is 0 Å². The Morgan fingerprint density at radius 2 is 1.26 bits per heavy atom. The Morgan fingerprint density at radius 3 is 1.80 bits per heavy atom. The normalized spacial score (nSPS) is 17.2. The van der Waals surface area contributed by atoms with E-state index in [4.69, 9.17) is 9.47 Å². The Balaban J connectivity index is 1.99. The molecule has 2 aromatic carbocycles. The molecule has 0 unspecified atom stereocenters. The molecule has 0 aliphatic carbocycles. The zero-order valence-corrected chi connectivity index (χ0v) is 36.3. The number of fused-ring (bicyclic) bond motifs is 5. The van der Waals surface area contributed by atoms with Crippen molar-refractivity contribution in [1.82, 2.24) is 36.8 Å². The van der Waals surface area contributed by atoms with Crippen LogP contribution in [0.15, 0.2) is 36.4 Å². The highest BCUT2D eigenvalue weighted by molar-refractivity contribution is 5.94. The highest BCUT2D eigenvalue weighted by Gasteiger charge is 2.33. The number of nitrogens with one attached hydrogen (secondary N) is 6. The van der Waals surface area contributed by atoms with E-state index in [9.17, 15) is 48.9 Å². The SMILES string of the molecule is CC(C)(C)OC(=O)NCCC[C@@H]1NC(=O)[C@@H](NC(=O)OC(C)(C)C)Cc2cc(ccc2O)-c2ccc(O)c(c2)C[C@@H](C(=O)NCCNC(=O)CN(C(=O)O)C(C)(C)C)NC1=O. The van der Waals surface area contributed by atoms with Crippen LogP contribution in [-0.4, -0.2) is 123 Å². The molecule has 1 aliphatic rings. The molecule has 3 atom stereocenters. The molecule has 4 bridgehead atoms. The number of aromatic hydroxyl groups is 2. The first kappa shape index (κ1) is 49.1. The minimum absolute atomic E-state index is 0.0328. The number of carbonyl (C=O) groups excluding carboxylic acids is 6. The maximum absolute atomic E-state index is 14.2. The van der Waals surface area contributed by atoms with Gasteiger partial charge in [0, 0.05) is 38.0 Å². The Bertz CT molecular complexity index is 1930. The van der Waals surface area contributed by atoms with Crippen LogP contribution < -0.4 is 31.9 Å². The number of carboxylic acid groups (broad SMARTS) is 1. The molecular weight excluding hydrogens is 794 g/mol. The van der Waals surface area contributed by atoms with E-state index in [0.29, 0.717) is 11.1 Å². The summed E-state index contributed by atoms with van der Waals surface area (Å²) in [5.41, 5.74) is -0.914. The lowest BCUT2D eigenvalue weighted by molar-refractivity contribution is -0.132. The topological polar surface area (TPSA) is 274 Å². The van der Waals surface area contributed by atoms with Crippen molar-refractivity contribution in [1.29, 1.82) is 0 Å². The molecule has 61 heavy (non-hydrogen) atoms. The molecule has 0 fully saturated rings. The lowest BCUT2D eigenvalue weighted by atomic mass is 9.95. The van der Waals surface area contributed by atoms with Gasteiger partial charge in [0.15, 0.2) is 0 Å². The maximum atomic E-state index is 14.2. The van der Waals surface area contributed by atoms with Crippen molar-refractivity contribution in [2.24, 2.45) is 0 Å². The third-order valence-corrected chi connectivity index (χ3v) is 9.04. The van der Waals surface area contributed by atoms with Gasteiger partial charge in [-0.3, -0.25) is 24.1 Å². The summed E-state index contributed by atoms with van der Waals surface area (Å²) in [7, 11) is 0. The van der Waals surface area contributed by atoms with Crippen molar-refractivity contribution in [3.8, 4) is 22.6 Å². The van der Waals surface area contributed by atoms with Crippen LogP contribution in [0.1, 0.15) is 86.3 Å². The van der Waals surface area contributed by atoms with Gasteiger partial charge >= 0.3 is 18.3 Å². The number of phenolic OH excluding ortho intramolecular Hbond substituents is 2. The summed E-state index contributed by atoms with van der Waals surface area (Å²) in [6, 6.07) is 5.19. The monoisotopic (exact) mass is 855 g/mol. The first-order chi connectivity index (χ1) is 28.2. The fourth-order valence-corrected chi connectivity index (χ4v) is 6.09. The van der Waals surface area contributed by atoms with Gasteiger partial charge in [-0.05, 0) is 122 Å². The van der Waals surface area contributed by atoms with Crippen molar-refractivity contribution in [3.05, 3.63) is 47.5 Å². The zero-order valence-electron chi connectivity index (χ0n) is 36.3. The molecule has 7 amide bonds. The molecule has 0 aromatic heterocycles. The fourth-order valence-electron chi connectivity index (χ4n) is 6.09. The molecule has 0 saturated heterocycles. The number of carbonyl (C=O) groups is 7. The quantitative estimate of drug-likeness (QED) is 0.148. The summed E-state index contributed by atoms with van der Waals surface area (Å²) in [5.74, 6) is -3.33. The molecule has 19 heteroatoms. The van der Waals surface area contributed by atoms with Crippen LogP contribution in [0, 0.1) is 0 Å². The van der Waals surface area contributed by atoms with Gasteiger partial charge in [-0.1, -0.05) is 12.1 Å². The Kier molecular flexibility index (Phi) is 16.7. The van der Waals surface area contributed by atoms with Gasteiger partial charge in [0.2, 0.25) is 23.6 Å². The maximum Gasteiger partial charge on any atom is 0.408 e. The second kappa shape index (κ2) is 20.8. The van der Waals surface area contributed by atoms with E-state index in [1.807, 2.05) is 0 Å². The average molecular weight is 856 g/mol. The van der Waals surface area contributed by atoms with Crippen molar-refractivity contribution in [2.45, 2.75) is 123 Å². The lowest BCUT2D eigenvalue weighted by Gasteiger charge is -2.32. The Hall–Kier alpha value is -6.27. The third-order valence-electron chi connectivity index (χ3n) is 9.04. The second-order valence-electron chi connectivity index (χ2n) is 17.7. The summed E-state index contributed by atoms with van der Waals surface area (Å²) in [4.78, 5) is 92.7. The minimum atomic E-state index is -1.38. The average Bonchev–Trinajstić information content (AvgIpc) is 3.12. The van der Waals surface area contributed by atoms with E-state index in [-0.39, 0.29) is 67.9 Å². The predicted octanol–water partition coefficient (Wildman–Crippen LogP) is 3.04. The van der Waals surface area contributed by atoms with E-state index in [1.165, 1.54) is 12.1 Å². The van der Waals surface area contributed by atoms with Gasteiger partial charge < -0.3 is 56.7 Å². The molecule has 1 heterocycles. The molecule has 2 aromatic rings. The van der Waals surface area contributed by atoms with Crippen LogP contribution in [0.5, 0.6) is 11.5 Å². The molecule has 0 radical (unpaired) electrons. The summed E-state index contributed by atoms with van der Waals surface area (Å²) < 4.78 is 10.7. The van der Waals surface area contributed by atoms with E-state index in [1.54, 1.807) is 86.6 Å². The smallest absolute Gasteiger partial charge is 0.408 e. The van der Waals surface area contributed by atoms with Gasteiger partial charge in [-0.2, -0.15) is 0 Å². The minimum Gasteiger partial charge on any atom is -0.508 e.